The van der Waals surface area contributed by atoms with Crippen molar-refractivity contribution >= 4 is 22.6 Å². The van der Waals surface area contributed by atoms with Crippen molar-refractivity contribution in [1.29, 1.82) is 0 Å². The molecule has 0 bridgehead atoms. The lowest BCUT2D eigenvalue weighted by Crippen LogP contribution is -2.23. The Labute approximate surface area is 82.2 Å². The summed E-state index contributed by atoms with van der Waals surface area (Å²) in [4.78, 5) is 0. The molecule has 0 heterocycles. The van der Waals surface area contributed by atoms with Crippen LogP contribution in [0.2, 0.25) is 0 Å². The van der Waals surface area contributed by atoms with Crippen LogP contribution in [0, 0.1) is 5.92 Å². The van der Waals surface area contributed by atoms with Gasteiger partial charge in [-0.3, -0.25) is 4.21 Å². The molecule has 1 fully saturated rings. The molecule has 2 atom stereocenters. The molecular weight excluding hydrogens is 188 g/mol. The molecule has 1 aliphatic rings. The van der Waals surface area contributed by atoms with Crippen molar-refractivity contribution in [2.75, 3.05) is 12.5 Å². The van der Waals surface area contributed by atoms with E-state index in [0.717, 1.165) is 5.92 Å². The molecule has 0 amide bonds. The van der Waals surface area contributed by atoms with Crippen LogP contribution in [0.3, 0.4) is 0 Å². The van der Waals surface area contributed by atoms with Crippen molar-refractivity contribution in [3.63, 3.8) is 0 Å². The van der Waals surface area contributed by atoms with Crippen molar-refractivity contribution < 1.29 is 4.21 Å². The zero-order valence-corrected chi connectivity index (χ0v) is 9.55. The largest absolute Gasteiger partial charge is 0.259 e. The summed E-state index contributed by atoms with van der Waals surface area (Å²) >= 11 is 1.78. The Kier molecular flexibility index (Phi) is 4.65. The van der Waals surface area contributed by atoms with Gasteiger partial charge in [-0.2, -0.15) is 0 Å². The first-order valence-corrected chi connectivity index (χ1v) is 7.51. The van der Waals surface area contributed by atoms with E-state index in [1.165, 1.54) is 32.1 Å². The molecule has 0 spiro atoms. The third-order valence-electron chi connectivity index (χ3n) is 2.59. The topological polar surface area (TPSA) is 17.1 Å². The second kappa shape index (κ2) is 5.28. The van der Waals surface area contributed by atoms with E-state index in [1.807, 2.05) is 6.26 Å². The molecule has 0 aromatic heterocycles. The monoisotopic (exact) mass is 206 g/mol. The highest BCUT2D eigenvalue weighted by molar-refractivity contribution is 8.10. The van der Waals surface area contributed by atoms with Crippen LogP contribution >= 0.6 is 11.8 Å². The minimum absolute atomic E-state index is 0.394. The predicted octanol–water partition coefficient (Wildman–Crippen LogP) is 2.63. The summed E-state index contributed by atoms with van der Waals surface area (Å²) in [6.07, 6.45) is 10.6. The molecule has 1 rings (SSSR count). The molecule has 0 aromatic carbocycles. The highest BCUT2D eigenvalue weighted by Gasteiger charge is 2.25. The first-order valence-electron chi connectivity index (χ1n) is 4.60. The summed E-state index contributed by atoms with van der Waals surface area (Å²) in [6.45, 7) is 0. The first kappa shape index (κ1) is 10.6. The Morgan fingerprint density at radius 3 is 2.33 bits per heavy atom. The molecule has 1 nitrogen and oxygen atoms in total. The second-order valence-electron chi connectivity index (χ2n) is 3.50. The van der Waals surface area contributed by atoms with Crippen molar-refractivity contribution in [1.82, 2.24) is 0 Å². The van der Waals surface area contributed by atoms with Gasteiger partial charge in [-0.05, 0) is 25.0 Å². The summed E-state index contributed by atoms with van der Waals surface area (Å²) in [5, 5.41) is 0. The fraction of sp³-hybridized carbons (Fsp3) is 1.00. The maximum atomic E-state index is 11.4. The van der Waals surface area contributed by atoms with E-state index in [9.17, 15) is 4.21 Å². The van der Waals surface area contributed by atoms with Gasteiger partial charge >= 0.3 is 0 Å². The Morgan fingerprint density at radius 1 is 1.33 bits per heavy atom. The first-order chi connectivity index (χ1) is 5.75. The minimum Gasteiger partial charge on any atom is -0.259 e. The molecule has 0 aliphatic heterocycles. The second-order valence-corrected chi connectivity index (χ2v) is 6.28. The highest BCUT2D eigenvalue weighted by atomic mass is 32.2. The van der Waals surface area contributed by atoms with E-state index in [1.54, 1.807) is 11.8 Å². The van der Waals surface area contributed by atoms with Gasteiger partial charge in [0, 0.05) is 17.1 Å². The molecule has 0 radical (unpaired) electrons. The normalized spacial score (nSPS) is 25.2. The van der Waals surface area contributed by atoms with Crippen LogP contribution in [0.25, 0.3) is 0 Å². The summed E-state index contributed by atoms with van der Waals surface area (Å²) in [5.41, 5.74) is 0. The van der Waals surface area contributed by atoms with E-state index in [-0.39, 0.29) is 0 Å². The standard InChI is InChI=1S/C9H18OS2/c1-11-9(12(2)10)8-6-4-3-5-7-8/h8-9H,3-7H2,1-2H3/t9-,12+/m1/s1. The summed E-state index contributed by atoms with van der Waals surface area (Å²) < 4.78 is 11.8. The van der Waals surface area contributed by atoms with Gasteiger partial charge in [0.2, 0.25) is 0 Å². The molecule has 0 saturated heterocycles. The van der Waals surface area contributed by atoms with Crippen molar-refractivity contribution in [2.24, 2.45) is 5.92 Å². The predicted molar refractivity (Wildman–Crippen MR) is 57.9 cm³/mol. The Bertz CT molecular complexity index is 153. The van der Waals surface area contributed by atoms with Crippen LogP contribution in [0.15, 0.2) is 0 Å². The fourth-order valence-corrected chi connectivity index (χ4v) is 4.56. The van der Waals surface area contributed by atoms with Gasteiger partial charge in [-0.15, -0.1) is 11.8 Å². The van der Waals surface area contributed by atoms with Gasteiger partial charge in [0.1, 0.15) is 0 Å². The lowest BCUT2D eigenvalue weighted by Gasteiger charge is -2.27. The van der Waals surface area contributed by atoms with Crippen molar-refractivity contribution in [3.8, 4) is 0 Å². The summed E-state index contributed by atoms with van der Waals surface area (Å²) in [7, 11) is -0.638. The third-order valence-corrected chi connectivity index (χ3v) is 5.87. The molecule has 0 N–H and O–H groups in total. The number of hydrogen-bond donors (Lipinski definition) is 0. The van der Waals surface area contributed by atoms with E-state index in [2.05, 4.69) is 6.26 Å². The van der Waals surface area contributed by atoms with E-state index >= 15 is 0 Å². The number of thioether (sulfide) groups is 1. The molecule has 12 heavy (non-hydrogen) atoms. The molecule has 72 valence electrons. The zero-order valence-electron chi connectivity index (χ0n) is 7.91. The lowest BCUT2D eigenvalue weighted by atomic mass is 9.91. The molecule has 3 heteroatoms. The van der Waals surface area contributed by atoms with Gasteiger partial charge in [-0.25, -0.2) is 0 Å². The van der Waals surface area contributed by atoms with Gasteiger partial charge in [0.15, 0.2) is 0 Å². The van der Waals surface area contributed by atoms with Gasteiger partial charge < -0.3 is 0 Å². The highest BCUT2D eigenvalue weighted by Crippen LogP contribution is 2.32. The average Bonchev–Trinajstić information content (AvgIpc) is 2.07. The van der Waals surface area contributed by atoms with Crippen LogP contribution < -0.4 is 0 Å². The Hall–Kier alpha value is 0.500. The van der Waals surface area contributed by atoms with Gasteiger partial charge in [0.05, 0.1) is 4.58 Å². The summed E-state index contributed by atoms with van der Waals surface area (Å²) in [5.74, 6) is 0.722. The maximum Gasteiger partial charge on any atom is 0.0823 e. The van der Waals surface area contributed by atoms with Crippen LogP contribution in [-0.2, 0) is 10.8 Å². The van der Waals surface area contributed by atoms with Crippen LogP contribution in [0.1, 0.15) is 32.1 Å². The maximum absolute atomic E-state index is 11.4. The Balaban J connectivity index is 2.46. The molecule has 1 aliphatic carbocycles. The molecular formula is C9H18OS2. The van der Waals surface area contributed by atoms with E-state index < -0.39 is 10.8 Å². The SMILES string of the molecule is CS[C@@H](C1CCCCC1)[S@](C)=O. The van der Waals surface area contributed by atoms with Crippen LogP contribution in [0.5, 0.6) is 0 Å². The molecule has 1 saturated carbocycles. The molecule has 0 aromatic rings. The quantitative estimate of drug-likeness (QED) is 0.706. The van der Waals surface area contributed by atoms with Crippen molar-refractivity contribution in [2.45, 2.75) is 36.7 Å². The average molecular weight is 206 g/mol. The van der Waals surface area contributed by atoms with Gasteiger partial charge in [0.25, 0.3) is 0 Å². The fourth-order valence-electron chi connectivity index (χ4n) is 2.01. The minimum atomic E-state index is -0.638. The van der Waals surface area contributed by atoms with Crippen molar-refractivity contribution in [3.05, 3.63) is 0 Å². The number of hydrogen-bond acceptors (Lipinski definition) is 2. The summed E-state index contributed by atoms with van der Waals surface area (Å²) in [6, 6.07) is 0. The van der Waals surface area contributed by atoms with E-state index in [4.69, 9.17) is 0 Å². The lowest BCUT2D eigenvalue weighted by molar-refractivity contribution is 0.378. The third kappa shape index (κ3) is 2.77. The van der Waals surface area contributed by atoms with Crippen LogP contribution in [0.4, 0.5) is 0 Å². The van der Waals surface area contributed by atoms with Gasteiger partial charge in [-0.1, -0.05) is 19.3 Å². The van der Waals surface area contributed by atoms with Crippen LogP contribution in [-0.4, -0.2) is 21.3 Å². The Morgan fingerprint density at radius 2 is 1.92 bits per heavy atom. The zero-order chi connectivity index (χ0) is 8.97. The van der Waals surface area contributed by atoms with E-state index in [0.29, 0.717) is 4.58 Å². The molecule has 0 unspecified atom stereocenters. The number of rotatable bonds is 3. The smallest absolute Gasteiger partial charge is 0.0823 e.